The molecule has 0 aromatic heterocycles. The molecule has 4 nitrogen and oxygen atoms in total. The van der Waals surface area contributed by atoms with Crippen LogP contribution in [0, 0.1) is 5.92 Å². The second kappa shape index (κ2) is 5.34. The zero-order chi connectivity index (χ0) is 11.4. The summed E-state index contributed by atoms with van der Waals surface area (Å²) in [7, 11) is 1.46. The molecule has 0 aromatic rings. The van der Waals surface area contributed by atoms with Crippen LogP contribution in [0.4, 0.5) is 0 Å². The van der Waals surface area contributed by atoms with Gasteiger partial charge in [-0.25, -0.2) is 0 Å². The Morgan fingerprint density at radius 3 is 2.81 bits per heavy atom. The van der Waals surface area contributed by atoms with Crippen LogP contribution in [0.25, 0.3) is 0 Å². The molecule has 1 atom stereocenters. The molecule has 1 unspecified atom stereocenters. The molecule has 4 heteroatoms. The summed E-state index contributed by atoms with van der Waals surface area (Å²) in [6, 6.07) is 0. The number of nitrogens with zero attached hydrogens (tertiary/aromatic N) is 1. The van der Waals surface area contributed by atoms with E-state index in [-0.39, 0.29) is 11.9 Å². The molecule has 16 heavy (non-hydrogen) atoms. The van der Waals surface area contributed by atoms with E-state index in [9.17, 15) is 4.79 Å². The smallest absolute Gasteiger partial charge is 0.308 e. The number of allylic oxidation sites excluding steroid dienone is 2. The molecular weight excluding hydrogens is 206 g/mol. The minimum atomic E-state index is -0.0720. The second-order valence-corrected chi connectivity index (χ2v) is 4.29. The lowest BCUT2D eigenvalue weighted by molar-refractivity contribution is -0.145. The molecule has 1 aliphatic heterocycles. The number of ether oxygens (including phenoxy) is 2. The topological polar surface area (TPSA) is 38.8 Å². The van der Waals surface area contributed by atoms with Crippen LogP contribution < -0.4 is 0 Å². The summed E-state index contributed by atoms with van der Waals surface area (Å²) in [6.45, 7) is 3.60. The van der Waals surface area contributed by atoms with Crippen LogP contribution in [0.3, 0.4) is 0 Å². The van der Waals surface area contributed by atoms with Crippen molar-refractivity contribution < 1.29 is 14.3 Å². The Bertz CT molecular complexity index is 282. The van der Waals surface area contributed by atoms with E-state index in [2.05, 4.69) is 11.0 Å². The van der Waals surface area contributed by atoms with Gasteiger partial charge in [0, 0.05) is 18.8 Å². The Balaban J connectivity index is 1.89. The van der Waals surface area contributed by atoms with Crippen molar-refractivity contribution in [2.24, 2.45) is 5.92 Å². The van der Waals surface area contributed by atoms with Crippen molar-refractivity contribution in [3.8, 4) is 0 Å². The summed E-state index contributed by atoms with van der Waals surface area (Å²) in [5.41, 5.74) is 1.38. The van der Waals surface area contributed by atoms with Gasteiger partial charge in [-0.2, -0.15) is 0 Å². The molecule has 2 aliphatic rings. The number of rotatable bonds is 2. The molecule has 1 saturated heterocycles. The van der Waals surface area contributed by atoms with Gasteiger partial charge in [-0.15, -0.1) is 0 Å². The standard InChI is InChI=1S/C12H19NO3/c1-15-12(14)10-2-4-11(5-3-10)13-6-8-16-9-7-13/h4,10H,2-3,5-9H2,1H3. The maximum atomic E-state index is 11.4. The molecular formula is C12H19NO3. The zero-order valence-electron chi connectivity index (χ0n) is 9.78. The first-order valence-electron chi connectivity index (χ1n) is 5.91. The molecule has 90 valence electrons. The lowest BCUT2D eigenvalue weighted by Crippen LogP contribution is -2.36. The zero-order valence-corrected chi connectivity index (χ0v) is 9.78. The highest BCUT2D eigenvalue weighted by Gasteiger charge is 2.24. The third-order valence-electron chi connectivity index (χ3n) is 3.34. The fourth-order valence-corrected chi connectivity index (χ4v) is 2.34. The predicted molar refractivity (Wildman–Crippen MR) is 59.8 cm³/mol. The predicted octanol–water partition coefficient (Wildman–Crippen LogP) is 1.18. The first kappa shape index (κ1) is 11.5. The van der Waals surface area contributed by atoms with Crippen LogP contribution in [0.5, 0.6) is 0 Å². The van der Waals surface area contributed by atoms with Crippen molar-refractivity contribution in [2.45, 2.75) is 19.3 Å². The summed E-state index contributed by atoms with van der Waals surface area (Å²) < 4.78 is 10.1. The van der Waals surface area contributed by atoms with Gasteiger partial charge in [0.1, 0.15) is 0 Å². The van der Waals surface area contributed by atoms with E-state index >= 15 is 0 Å². The summed E-state index contributed by atoms with van der Waals surface area (Å²) in [5.74, 6) is -0.00734. The molecule has 0 amide bonds. The van der Waals surface area contributed by atoms with Gasteiger partial charge in [0.25, 0.3) is 0 Å². The lowest BCUT2D eigenvalue weighted by Gasteiger charge is -2.33. The summed E-state index contributed by atoms with van der Waals surface area (Å²) in [5, 5.41) is 0. The van der Waals surface area contributed by atoms with Gasteiger partial charge in [-0.3, -0.25) is 4.79 Å². The number of methoxy groups -OCH3 is 1. The number of carbonyl (C=O) groups is 1. The van der Waals surface area contributed by atoms with Crippen LogP contribution in [-0.4, -0.2) is 44.3 Å². The Kier molecular flexibility index (Phi) is 3.83. The van der Waals surface area contributed by atoms with E-state index in [4.69, 9.17) is 9.47 Å². The Morgan fingerprint density at radius 2 is 2.25 bits per heavy atom. The Hall–Kier alpha value is -1.03. The van der Waals surface area contributed by atoms with Crippen molar-refractivity contribution in [1.29, 1.82) is 0 Å². The van der Waals surface area contributed by atoms with Crippen molar-refractivity contribution >= 4 is 5.97 Å². The molecule has 1 heterocycles. The molecule has 0 aromatic carbocycles. The van der Waals surface area contributed by atoms with Gasteiger partial charge in [0.05, 0.1) is 26.2 Å². The van der Waals surface area contributed by atoms with Gasteiger partial charge in [0.15, 0.2) is 0 Å². The van der Waals surface area contributed by atoms with E-state index < -0.39 is 0 Å². The third kappa shape index (κ3) is 2.55. The van der Waals surface area contributed by atoms with Crippen molar-refractivity contribution in [2.75, 3.05) is 33.4 Å². The molecule has 0 saturated carbocycles. The first-order chi connectivity index (χ1) is 7.81. The van der Waals surface area contributed by atoms with Gasteiger partial charge in [-0.1, -0.05) is 6.08 Å². The molecule has 0 bridgehead atoms. The average molecular weight is 225 g/mol. The fraction of sp³-hybridized carbons (Fsp3) is 0.750. The van der Waals surface area contributed by atoms with Crippen molar-refractivity contribution in [3.63, 3.8) is 0 Å². The van der Waals surface area contributed by atoms with Crippen LogP contribution in [-0.2, 0) is 14.3 Å². The molecule has 0 spiro atoms. The van der Waals surface area contributed by atoms with Gasteiger partial charge in [-0.05, 0) is 19.3 Å². The lowest BCUT2D eigenvalue weighted by atomic mass is 9.92. The number of carbonyl (C=O) groups excluding carboxylic acids is 1. The van der Waals surface area contributed by atoms with E-state index in [1.807, 2.05) is 0 Å². The van der Waals surface area contributed by atoms with Crippen molar-refractivity contribution in [3.05, 3.63) is 11.8 Å². The van der Waals surface area contributed by atoms with Gasteiger partial charge in [0.2, 0.25) is 0 Å². The number of morpholine rings is 1. The second-order valence-electron chi connectivity index (χ2n) is 4.29. The summed E-state index contributed by atoms with van der Waals surface area (Å²) in [4.78, 5) is 13.7. The molecule has 1 aliphatic carbocycles. The Labute approximate surface area is 96.2 Å². The normalized spacial score (nSPS) is 26.2. The van der Waals surface area contributed by atoms with Crippen LogP contribution in [0.1, 0.15) is 19.3 Å². The average Bonchev–Trinajstić information content (AvgIpc) is 2.39. The quantitative estimate of drug-likeness (QED) is 0.661. The van der Waals surface area contributed by atoms with Gasteiger partial charge < -0.3 is 14.4 Å². The van der Waals surface area contributed by atoms with Crippen LogP contribution in [0.2, 0.25) is 0 Å². The summed E-state index contributed by atoms with van der Waals surface area (Å²) >= 11 is 0. The monoisotopic (exact) mass is 225 g/mol. The highest BCUT2D eigenvalue weighted by Crippen LogP contribution is 2.26. The SMILES string of the molecule is COC(=O)C1CC=C(N2CCOCC2)CC1. The third-order valence-corrected chi connectivity index (χ3v) is 3.34. The van der Waals surface area contributed by atoms with Crippen LogP contribution in [0.15, 0.2) is 11.8 Å². The Morgan fingerprint density at radius 1 is 1.50 bits per heavy atom. The van der Waals surface area contributed by atoms with E-state index in [0.717, 1.165) is 45.6 Å². The number of esters is 1. The minimum absolute atomic E-state index is 0.0646. The maximum Gasteiger partial charge on any atom is 0.308 e. The minimum Gasteiger partial charge on any atom is -0.469 e. The molecule has 0 N–H and O–H groups in total. The van der Waals surface area contributed by atoms with Crippen molar-refractivity contribution in [1.82, 2.24) is 4.90 Å². The maximum absolute atomic E-state index is 11.4. The molecule has 0 radical (unpaired) electrons. The van der Waals surface area contributed by atoms with Gasteiger partial charge >= 0.3 is 5.97 Å². The van der Waals surface area contributed by atoms with E-state index in [0.29, 0.717) is 0 Å². The van der Waals surface area contributed by atoms with Crippen LogP contribution >= 0.6 is 0 Å². The highest BCUT2D eigenvalue weighted by molar-refractivity contribution is 5.72. The molecule has 2 rings (SSSR count). The molecule has 1 fully saturated rings. The van der Waals surface area contributed by atoms with E-state index in [1.54, 1.807) is 0 Å². The first-order valence-corrected chi connectivity index (χ1v) is 5.91. The largest absolute Gasteiger partial charge is 0.469 e. The summed E-state index contributed by atoms with van der Waals surface area (Å²) in [6.07, 6.45) is 4.91. The fourth-order valence-electron chi connectivity index (χ4n) is 2.34. The number of hydrogen-bond acceptors (Lipinski definition) is 4. The van der Waals surface area contributed by atoms with E-state index in [1.165, 1.54) is 12.8 Å². The highest BCUT2D eigenvalue weighted by atomic mass is 16.5. The number of hydrogen-bond donors (Lipinski definition) is 0.